The Kier molecular flexibility index (Phi) is 5.85. The quantitative estimate of drug-likeness (QED) is 0.866. The van der Waals surface area contributed by atoms with E-state index in [0.717, 1.165) is 6.42 Å². The number of rotatable bonds is 5. The highest BCUT2D eigenvalue weighted by Gasteiger charge is 2.32. The molecule has 0 aromatic heterocycles. The van der Waals surface area contributed by atoms with Crippen molar-refractivity contribution in [3.05, 3.63) is 29.3 Å². The van der Waals surface area contributed by atoms with E-state index in [0.29, 0.717) is 15.9 Å². The van der Waals surface area contributed by atoms with Crippen molar-refractivity contribution in [3.8, 4) is 0 Å². The molecule has 1 aromatic rings. The minimum Gasteiger partial charge on any atom is -0.325 e. The zero-order chi connectivity index (χ0) is 16.1. The van der Waals surface area contributed by atoms with Crippen LogP contribution in [0.4, 0.5) is 5.69 Å². The van der Waals surface area contributed by atoms with Gasteiger partial charge in [0.25, 0.3) is 0 Å². The van der Waals surface area contributed by atoms with Crippen LogP contribution in [-0.2, 0) is 9.59 Å². The Hall–Kier alpha value is -1.53. The molecule has 5 nitrogen and oxygen atoms in total. The van der Waals surface area contributed by atoms with Gasteiger partial charge < -0.3 is 10.6 Å². The summed E-state index contributed by atoms with van der Waals surface area (Å²) in [5.74, 6) is -0.424. The van der Waals surface area contributed by atoms with E-state index >= 15 is 0 Å². The Balaban J connectivity index is 1.94. The van der Waals surface area contributed by atoms with Crippen molar-refractivity contribution in [2.75, 3.05) is 5.32 Å². The Morgan fingerprint density at radius 2 is 2.23 bits per heavy atom. The van der Waals surface area contributed by atoms with Gasteiger partial charge in [-0.1, -0.05) is 42.4 Å². The molecule has 1 aliphatic heterocycles. The summed E-state index contributed by atoms with van der Waals surface area (Å²) in [4.78, 5) is 28.3. The first kappa shape index (κ1) is 16.8. The van der Waals surface area contributed by atoms with Gasteiger partial charge in [-0.2, -0.15) is 0 Å². The van der Waals surface area contributed by atoms with Gasteiger partial charge in [0.05, 0.1) is 10.7 Å². The van der Waals surface area contributed by atoms with Crippen molar-refractivity contribution < 1.29 is 9.59 Å². The number of benzene rings is 1. The number of amidine groups is 1. The first-order valence-electron chi connectivity index (χ1n) is 7.09. The molecule has 0 spiro atoms. The predicted octanol–water partition coefficient (Wildman–Crippen LogP) is 3.05. The molecule has 118 valence electrons. The predicted molar refractivity (Wildman–Crippen MR) is 91.4 cm³/mol. The molecule has 1 saturated heterocycles. The van der Waals surface area contributed by atoms with E-state index in [2.05, 4.69) is 15.6 Å². The van der Waals surface area contributed by atoms with Gasteiger partial charge in [0.2, 0.25) is 11.8 Å². The minimum absolute atomic E-state index is 0.0846. The number of amides is 2. The minimum atomic E-state index is -0.453. The van der Waals surface area contributed by atoms with E-state index in [4.69, 9.17) is 11.6 Å². The van der Waals surface area contributed by atoms with Crippen LogP contribution in [0.1, 0.15) is 26.7 Å². The Morgan fingerprint density at radius 1 is 1.50 bits per heavy atom. The number of anilines is 1. The number of thioether (sulfide) groups is 1. The fourth-order valence-electron chi connectivity index (χ4n) is 1.82. The van der Waals surface area contributed by atoms with Crippen molar-refractivity contribution in [1.29, 1.82) is 0 Å². The Bertz CT molecular complexity index is 606. The molecule has 2 rings (SSSR count). The SMILES string of the molecule is CC[C@@H](C)N=C1NC(=O)[C@H](CC(=O)Nc2ccccc2Cl)S1. The van der Waals surface area contributed by atoms with E-state index < -0.39 is 5.25 Å². The highest BCUT2D eigenvalue weighted by molar-refractivity contribution is 8.15. The fraction of sp³-hybridized carbons (Fsp3) is 0.400. The number of carbonyl (C=O) groups is 2. The second-order valence-corrected chi connectivity index (χ2v) is 6.62. The number of hydrogen-bond acceptors (Lipinski definition) is 4. The van der Waals surface area contributed by atoms with E-state index in [9.17, 15) is 9.59 Å². The maximum absolute atomic E-state index is 12.0. The third-order valence-electron chi connectivity index (χ3n) is 3.22. The van der Waals surface area contributed by atoms with E-state index in [1.807, 2.05) is 13.8 Å². The lowest BCUT2D eigenvalue weighted by Gasteiger charge is -2.08. The molecule has 1 aliphatic rings. The molecule has 0 unspecified atom stereocenters. The Labute approximate surface area is 138 Å². The van der Waals surface area contributed by atoms with Gasteiger partial charge in [0.15, 0.2) is 5.17 Å². The lowest BCUT2D eigenvalue weighted by atomic mass is 10.2. The van der Waals surface area contributed by atoms with Crippen LogP contribution in [0, 0.1) is 0 Å². The van der Waals surface area contributed by atoms with Crippen LogP contribution in [0.15, 0.2) is 29.3 Å². The molecule has 2 amide bonds. The summed E-state index contributed by atoms with van der Waals surface area (Å²) in [6.45, 7) is 4.02. The van der Waals surface area contributed by atoms with Crippen LogP contribution in [0.5, 0.6) is 0 Å². The average molecular weight is 340 g/mol. The third kappa shape index (κ3) is 4.48. The number of para-hydroxylation sites is 1. The van der Waals surface area contributed by atoms with Crippen molar-refractivity contribution in [2.24, 2.45) is 4.99 Å². The van der Waals surface area contributed by atoms with Crippen molar-refractivity contribution in [2.45, 2.75) is 38.0 Å². The molecular weight excluding hydrogens is 322 g/mol. The maximum Gasteiger partial charge on any atom is 0.240 e. The number of nitrogens with zero attached hydrogens (tertiary/aromatic N) is 1. The highest BCUT2D eigenvalue weighted by atomic mass is 35.5. The summed E-state index contributed by atoms with van der Waals surface area (Å²) < 4.78 is 0. The molecule has 1 fully saturated rings. The van der Waals surface area contributed by atoms with Gasteiger partial charge in [-0.15, -0.1) is 0 Å². The van der Waals surface area contributed by atoms with Crippen molar-refractivity contribution in [3.63, 3.8) is 0 Å². The molecule has 1 heterocycles. The third-order valence-corrected chi connectivity index (χ3v) is 4.65. The van der Waals surface area contributed by atoms with Crippen LogP contribution in [0.25, 0.3) is 0 Å². The summed E-state index contributed by atoms with van der Waals surface area (Å²) in [5.41, 5.74) is 0.547. The van der Waals surface area contributed by atoms with Gasteiger partial charge in [-0.25, -0.2) is 0 Å². The fourth-order valence-corrected chi connectivity index (χ4v) is 3.08. The molecule has 2 atom stereocenters. The second kappa shape index (κ2) is 7.65. The number of halogens is 1. The summed E-state index contributed by atoms with van der Waals surface area (Å²) in [6.07, 6.45) is 0.985. The van der Waals surface area contributed by atoms with E-state index in [1.165, 1.54) is 11.8 Å². The van der Waals surface area contributed by atoms with E-state index in [1.54, 1.807) is 24.3 Å². The maximum atomic E-state index is 12.0. The largest absolute Gasteiger partial charge is 0.325 e. The van der Waals surface area contributed by atoms with Crippen LogP contribution >= 0.6 is 23.4 Å². The number of carbonyl (C=O) groups excluding carboxylic acids is 2. The molecule has 1 aromatic carbocycles. The van der Waals surface area contributed by atoms with Crippen LogP contribution in [-0.4, -0.2) is 28.3 Å². The number of aliphatic imine (C=N–C) groups is 1. The molecule has 7 heteroatoms. The molecule has 0 aliphatic carbocycles. The second-order valence-electron chi connectivity index (χ2n) is 5.02. The first-order chi connectivity index (χ1) is 10.5. The normalized spacial score (nSPS) is 20.8. The topological polar surface area (TPSA) is 70.6 Å². The molecule has 0 radical (unpaired) electrons. The average Bonchev–Trinajstić information content (AvgIpc) is 2.81. The van der Waals surface area contributed by atoms with Gasteiger partial charge in [0.1, 0.15) is 5.25 Å². The molecule has 0 bridgehead atoms. The smallest absolute Gasteiger partial charge is 0.240 e. The summed E-state index contributed by atoms with van der Waals surface area (Å²) in [6, 6.07) is 7.15. The Morgan fingerprint density at radius 3 is 2.91 bits per heavy atom. The van der Waals surface area contributed by atoms with Gasteiger partial charge >= 0.3 is 0 Å². The molecule has 0 saturated carbocycles. The van der Waals surface area contributed by atoms with Crippen molar-refractivity contribution in [1.82, 2.24) is 5.32 Å². The lowest BCUT2D eigenvalue weighted by Crippen LogP contribution is -2.28. The highest BCUT2D eigenvalue weighted by Crippen LogP contribution is 2.25. The number of hydrogen-bond donors (Lipinski definition) is 2. The standard InChI is InChI=1S/C15H18ClN3O2S/c1-3-9(2)17-15-19-14(21)12(22-15)8-13(20)18-11-7-5-4-6-10(11)16/h4-7,9,12H,3,8H2,1-2H3,(H,18,20)(H,17,19,21)/t9-,12+/m1/s1. The first-order valence-corrected chi connectivity index (χ1v) is 8.35. The summed E-state index contributed by atoms with van der Waals surface area (Å²) in [5, 5.41) is 6.05. The molecular formula is C15H18ClN3O2S. The van der Waals surface area contributed by atoms with Crippen LogP contribution < -0.4 is 10.6 Å². The molecule has 22 heavy (non-hydrogen) atoms. The lowest BCUT2D eigenvalue weighted by molar-refractivity contribution is -0.122. The van der Waals surface area contributed by atoms with Gasteiger partial charge in [-0.3, -0.25) is 14.6 Å². The number of nitrogens with one attached hydrogen (secondary N) is 2. The van der Waals surface area contributed by atoms with Gasteiger partial charge in [-0.05, 0) is 25.5 Å². The van der Waals surface area contributed by atoms with E-state index in [-0.39, 0.29) is 24.3 Å². The summed E-state index contributed by atoms with van der Waals surface area (Å²) in [7, 11) is 0. The molecule has 2 N–H and O–H groups in total. The van der Waals surface area contributed by atoms with Crippen LogP contribution in [0.3, 0.4) is 0 Å². The van der Waals surface area contributed by atoms with Crippen molar-refractivity contribution >= 4 is 46.0 Å². The zero-order valence-electron chi connectivity index (χ0n) is 12.4. The monoisotopic (exact) mass is 339 g/mol. The summed E-state index contributed by atoms with van der Waals surface area (Å²) >= 11 is 7.29. The van der Waals surface area contributed by atoms with Crippen LogP contribution in [0.2, 0.25) is 5.02 Å². The van der Waals surface area contributed by atoms with Gasteiger partial charge in [0, 0.05) is 12.5 Å². The zero-order valence-corrected chi connectivity index (χ0v) is 14.0.